The summed E-state index contributed by atoms with van der Waals surface area (Å²) in [5.74, 6) is -0.986. The molecule has 19 heavy (non-hydrogen) atoms. The molecule has 0 aromatic heterocycles. The van der Waals surface area contributed by atoms with Crippen molar-refractivity contribution in [2.45, 2.75) is 32.3 Å². The summed E-state index contributed by atoms with van der Waals surface area (Å²) in [6.07, 6.45) is 3.29. The Morgan fingerprint density at radius 1 is 1.37 bits per heavy atom. The Labute approximate surface area is 114 Å². The molecule has 3 nitrogen and oxygen atoms in total. The fourth-order valence-corrected chi connectivity index (χ4v) is 2.64. The highest BCUT2D eigenvalue weighted by Gasteiger charge is 2.27. The van der Waals surface area contributed by atoms with Crippen LogP contribution in [0.2, 0.25) is 5.02 Å². The summed E-state index contributed by atoms with van der Waals surface area (Å²) < 4.78 is 34.0. The molecule has 0 bridgehead atoms. The van der Waals surface area contributed by atoms with Crippen LogP contribution in [0.3, 0.4) is 0 Å². The maximum atomic E-state index is 12.4. The van der Waals surface area contributed by atoms with Gasteiger partial charge in [0.2, 0.25) is 0 Å². The highest BCUT2D eigenvalue weighted by Crippen LogP contribution is 2.38. The first-order valence-corrected chi connectivity index (χ1v) is 6.29. The molecule has 104 valence electrons. The average molecular weight is 291 g/mol. The number of benzene rings is 1. The van der Waals surface area contributed by atoms with Crippen molar-refractivity contribution in [2.24, 2.45) is 0 Å². The maximum Gasteiger partial charge on any atom is 0.387 e. The van der Waals surface area contributed by atoms with Crippen molar-refractivity contribution >= 4 is 17.6 Å². The fraction of sp³-hybridized carbons (Fsp3) is 0.462. The van der Waals surface area contributed by atoms with Gasteiger partial charge in [0.15, 0.2) is 5.75 Å². The number of carbonyl (C=O) groups is 1. The first kappa shape index (κ1) is 14.1. The zero-order valence-electron chi connectivity index (χ0n) is 10.3. The van der Waals surface area contributed by atoms with Crippen LogP contribution in [0.25, 0.3) is 0 Å². The Balaban J connectivity index is 2.60. The summed E-state index contributed by atoms with van der Waals surface area (Å²) in [4.78, 5) is 11.8. The number of rotatable bonds is 3. The molecule has 0 amide bonds. The summed E-state index contributed by atoms with van der Waals surface area (Å²) >= 11 is 5.95. The number of esters is 1. The van der Waals surface area contributed by atoms with Gasteiger partial charge in [-0.15, -0.1) is 0 Å². The lowest BCUT2D eigenvalue weighted by Gasteiger charge is -2.22. The molecule has 1 aromatic rings. The summed E-state index contributed by atoms with van der Waals surface area (Å²) in [6, 6.07) is 1.60. The molecular formula is C13H13ClF2O3. The molecule has 2 rings (SSSR count). The minimum atomic E-state index is -3.04. The molecule has 0 spiro atoms. The van der Waals surface area contributed by atoms with E-state index >= 15 is 0 Å². The van der Waals surface area contributed by atoms with Gasteiger partial charge in [-0.05, 0) is 42.9 Å². The third kappa shape index (κ3) is 2.81. The SMILES string of the molecule is COC(=O)c1c2c(cc(Cl)c1OC(F)F)CCCC2. The molecule has 1 aromatic carbocycles. The van der Waals surface area contributed by atoms with Gasteiger partial charge >= 0.3 is 12.6 Å². The number of carbonyl (C=O) groups excluding carboxylic acids is 1. The van der Waals surface area contributed by atoms with Gasteiger partial charge < -0.3 is 9.47 Å². The van der Waals surface area contributed by atoms with Crippen molar-refractivity contribution in [2.75, 3.05) is 7.11 Å². The van der Waals surface area contributed by atoms with Crippen molar-refractivity contribution in [1.82, 2.24) is 0 Å². The van der Waals surface area contributed by atoms with Crippen LogP contribution in [0.4, 0.5) is 8.78 Å². The standard InChI is InChI=1S/C13H13ClF2O3/c1-18-12(17)10-8-5-3-2-4-7(8)6-9(14)11(10)19-13(15)16/h6,13H,2-5H2,1H3. The summed E-state index contributed by atoms with van der Waals surface area (Å²) in [5, 5.41) is 0.0151. The molecule has 0 atom stereocenters. The molecule has 6 heteroatoms. The van der Waals surface area contributed by atoms with E-state index in [-0.39, 0.29) is 16.3 Å². The Bertz CT molecular complexity index is 503. The first-order chi connectivity index (χ1) is 9.04. The number of alkyl halides is 2. The van der Waals surface area contributed by atoms with Crippen LogP contribution >= 0.6 is 11.6 Å². The Morgan fingerprint density at radius 2 is 2.05 bits per heavy atom. The third-order valence-electron chi connectivity index (χ3n) is 3.15. The van der Waals surface area contributed by atoms with Gasteiger partial charge in [-0.25, -0.2) is 4.79 Å². The number of aryl methyl sites for hydroxylation is 1. The van der Waals surface area contributed by atoms with E-state index in [9.17, 15) is 13.6 Å². The van der Waals surface area contributed by atoms with Crippen LogP contribution in [-0.2, 0) is 17.6 Å². The van der Waals surface area contributed by atoms with Crippen LogP contribution in [0, 0.1) is 0 Å². The van der Waals surface area contributed by atoms with E-state index in [1.807, 2.05) is 0 Å². The predicted octanol–water partition coefficient (Wildman–Crippen LogP) is 3.61. The third-order valence-corrected chi connectivity index (χ3v) is 3.43. The number of hydrogen-bond donors (Lipinski definition) is 0. The largest absolute Gasteiger partial charge is 0.465 e. The minimum Gasteiger partial charge on any atom is -0.465 e. The fourth-order valence-electron chi connectivity index (χ4n) is 2.37. The molecule has 0 saturated carbocycles. The minimum absolute atomic E-state index is 0.0151. The molecule has 0 radical (unpaired) electrons. The van der Waals surface area contributed by atoms with Gasteiger partial charge in [-0.2, -0.15) is 8.78 Å². The van der Waals surface area contributed by atoms with Crippen LogP contribution < -0.4 is 4.74 Å². The zero-order chi connectivity index (χ0) is 14.0. The average Bonchev–Trinajstić information content (AvgIpc) is 2.38. The van der Waals surface area contributed by atoms with E-state index in [1.54, 1.807) is 6.07 Å². The summed E-state index contributed by atoms with van der Waals surface area (Å²) in [5.41, 5.74) is 1.64. The van der Waals surface area contributed by atoms with Crippen molar-refractivity contribution in [1.29, 1.82) is 0 Å². The Morgan fingerprint density at radius 3 is 2.68 bits per heavy atom. The number of halogens is 3. The molecule has 0 N–H and O–H groups in total. The monoisotopic (exact) mass is 290 g/mol. The molecule has 0 heterocycles. The molecular weight excluding hydrogens is 278 g/mol. The topological polar surface area (TPSA) is 35.5 Å². The van der Waals surface area contributed by atoms with Crippen molar-refractivity contribution in [3.05, 3.63) is 27.8 Å². The van der Waals surface area contributed by atoms with Gasteiger partial charge in [0.1, 0.15) is 5.56 Å². The maximum absolute atomic E-state index is 12.4. The lowest BCUT2D eigenvalue weighted by molar-refractivity contribution is -0.0504. The van der Waals surface area contributed by atoms with Crippen LogP contribution in [0.1, 0.15) is 34.3 Å². The van der Waals surface area contributed by atoms with E-state index in [0.29, 0.717) is 12.0 Å². The van der Waals surface area contributed by atoms with Crippen LogP contribution in [0.5, 0.6) is 5.75 Å². The van der Waals surface area contributed by atoms with E-state index in [2.05, 4.69) is 9.47 Å². The number of fused-ring (bicyclic) bond motifs is 1. The van der Waals surface area contributed by atoms with Gasteiger partial charge in [0.05, 0.1) is 12.1 Å². The molecule has 0 saturated heterocycles. The highest BCUT2D eigenvalue weighted by molar-refractivity contribution is 6.32. The second-order valence-electron chi connectivity index (χ2n) is 4.28. The molecule has 0 unspecified atom stereocenters. The van der Waals surface area contributed by atoms with Gasteiger partial charge in [0.25, 0.3) is 0 Å². The number of hydrogen-bond acceptors (Lipinski definition) is 3. The van der Waals surface area contributed by atoms with Gasteiger partial charge in [-0.3, -0.25) is 0 Å². The van der Waals surface area contributed by atoms with Gasteiger partial charge in [-0.1, -0.05) is 11.6 Å². The molecule has 1 aliphatic carbocycles. The lowest BCUT2D eigenvalue weighted by Crippen LogP contribution is -2.16. The first-order valence-electron chi connectivity index (χ1n) is 5.92. The van der Waals surface area contributed by atoms with Crippen molar-refractivity contribution in [3.8, 4) is 5.75 Å². The normalized spacial score (nSPS) is 14.2. The lowest BCUT2D eigenvalue weighted by atomic mass is 9.87. The quantitative estimate of drug-likeness (QED) is 0.798. The van der Waals surface area contributed by atoms with Crippen LogP contribution in [0.15, 0.2) is 6.07 Å². The number of methoxy groups -OCH3 is 1. The van der Waals surface area contributed by atoms with E-state index in [0.717, 1.165) is 24.8 Å². The summed E-state index contributed by atoms with van der Waals surface area (Å²) in [6.45, 7) is -3.04. The van der Waals surface area contributed by atoms with E-state index in [4.69, 9.17) is 11.6 Å². The van der Waals surface area contributed by atoms with Gasteiger partial charge in [0, 0.05) is 0 Å². The van der Waals surface area contributed by atoms with Crippen LogP contribution in [-0.4, -0.2) is 19.7 Å². The molecule has 0 fully saturated rings. The molecule has 1 aliphatic rings. The predicted molar refractivity (Wildman–Crippen MR) is 66.1 cm³/mol. The smallest absolute Gasteiger partial charge is 0.387 e. The second-order valence-corrected chi connectivity index (χ2v) is 4.68. The zero-order valence-corrected chi connectivity index (χ0v) is 11.1. The van der Waals surface area contributed by atoms with Crippen molar-refractivity contribution in [3.63, 3.8) is 0 Å². The second kappa shape index (κ2) is 5.74. The number of ether oxygens (including phenoxy) is 2. The highest BCUT2D eigenvalue weighted by atomic mass is 35.5. The van der Waals surface area contributed by atoms with E-state index < -0.39 is 12.6 Å². The Kier molecular flexibility index (Phi) is 4.24. The Hall–Kier alpha value is -1.36. The van der Waals surface area contributed by atoms with E-state index in [1.165, 1.54) is 7.11 Å². The molecule has 0 aliphatic heterocycles. The van der Waals surface area contributed by atoms with Crippen molar-refractivity contribution < 1.29 is 23.0 Å². The summed E-state index contributed by atoms with van der Waals surface area (Å²) in [7, 11) is 1.20.